The molecule has 0 aromatic carbocycles. The molecule has 2 aliphatic rings. The average Bonchev–Trinajstić information content (AvgIpc) is 2.91. The lowest BCUT2D eigenvalue weighted by Crippen LogP contribution is -2.20. The predicted molar refractivity (Wildman–Crippen MR) is 143 cm³/mol. The Bertz CT molecular complexity index is 956. The third-order valence-electron chi connectivity index (χ3n) is 6.76. The molecule has 0 saturated carbocycles. The van der Waals surface area contributed by atoms with Crippen molar-refractivity contribution in [1.82, 2.24) is 0 Å². The highest BCUT2D eigenvalue weighted by Crippen LogP contribution is 2.24. The SMILES string of the molecule is COC1=CC(=O)C(O)=C(CCCCCCCC=CCCCCCCCC2=C(O)C(=O)C=C(OC)C2=O)C1=O. The fourth-order valence-electron chi connectivity index (χ4n) is 4.51. The molecular formula is C30H40O8. The number of carbonyl (C=O) groups excluding carboxylic acids is 4. The van der Waals surface area contributed by atoms with Crippen molar-refractivity contribution in [2.45, 2.75) is 89.9 Å². The summed E-state index contributed by atoms with van der Waals surface area (Å²) in [6, 6.07) is 0. The van der Waals surface area contributed by atoms with E-state index in [4.69, 9.17) is 9.47 Å². The van der Waals surface area contributed by atoms with E-state index in [1.807, 2.05) is 0 Å². The maximum atomic E-state index is 12.2. The topological polar surface area (TPSA) is 127 Å². The number of allylic oxidation sites excluding steroid dienone is 6. The third kappa shape index (κ3) is 9.15. The highest BCUT2D eigenvalue weighted by Gasteiger charge is 2.29. The normalized spacial score (nSPS) is 16.5. The van der Waals surface area contributed by atoms with Crippen molar-refractivity contribution >= 4 is 23.1 Å². The van der Waals surface area contributed by atoms with Crippen molar-refractivity contribution < 1.29 is 38.9 Å². The lowest BCUT2D eigenvalue weighted by atomic mass is 9.94. The van der Waals surface area contributed by atoms with Crippen LogP contribution in [0.5, 0.6) is 0 Å². The fraction of sp³-hybridized carbons (Fsp3) is 0.533. The Balaban J connectivity index is 1.45. The second-order valence-electron chi connectivity index (χ2n) is 9.55. The number of hydrogen-bond donors (Lipinski definition) is 2. The van der Waals surface area contributed by atoms with Crippen LogP contribution in [0.15, 0.2) is 58.5 Å². The Morgan fingerprint density at radius 3 is 1.29 bits per heavy atom. The van der Waals surface area contributed by atoms with Gasteiger partial charge in [0, 0.05) is 23.3 Å². The summed E-state index contributed by atoms with van der Waals surface area (Å²) in [6.07, 6.45) is 19.1. The molecule has 8 nitrogen and oxygen atoms in total. The smallest absolute Gasteiger partial charge is 0.227 e. The summed E-state index contributed by atoms with van der Waals surface area (Å²) in [5, 5.41) is 19.8. The molecule has 38 heavy (non-hydrogen) atoms. The van der Waals surface area contributed by atoms with Gasteiger partial charge in [-0.2, -0.15) is 0 Å². The molecular weight excluding hydrogens is 488 g/mol. The molecule has 8 heteroatoms. The summed E-state index contributed by atoms with van der Waals surface area (Å²) in [7, 11) is 2.67. The molecule has 0 bridgehead atoms. The van der Waals surface area contributed by atoms with Gasteiger partial charge in [-0.05, 0) is 51.4 Å². The minimum absolute atomic E-state index is 0.0149. The molecule has 0 amide bonds. The average molecular weight is 529 g/mol. The highest BCUT2D eigenvalue weighted by atomic mass is 16.5. The van der Waals surface area contributed by atoms with Crippen LogP contribution in [0.2, 0.25) is 0 Å². The Labute approximate surface area is 224 Å². The minimum Gasteiger partial charge on any atom is -0.504 e. The zero-order valence-corrected chi connectivity index (χ0v) is 22.6. The summed E-state index contributed by atoms with van der Waals surface area (Å²) >= 11 is 0. The van der Waals surface area contributed by atoms with Crippen molar-refractivity contribution in [1.29, 1.82) is 0 Å². The maximum absolute atomic E-state index is 12.2. The number of ether oxygens (including phenoxy) is 2. The van der Waals surface area contributed by atoms with Crippen LogP contribution in [0.4, 0.5) is 0 Å². The van der Waals surface area contributed by atoms with Crippen molar-refractivity contribution in [2.24, 2.45) is 0 Å². The molecule has 0 aliphatic heterocycles. The first-order chi connectivity index (χ1) is 18.3. The van der Waals surface area contributed by atoms with E-state index in [0.717, 1.165) is 89.2 Å². The summed E-state index contributed by atoms with van der Waals surface area (Å²) in [4.78, 5) is 47.8. The van der Waals surface area contributed by atoms with E-state index in [0.29, 0.717) is 12.8 Å². The van der Waals surface area contributed by atoms with Gasteiger partial charge in [-0.15, -0.1) is 0 Å². The molecule has 2 rings (SSSR count). The number of hydrogen-bond acceptors (Lipinski definition) is 8. The van der Waals surface area contributed by atoms with E-state index in [1.54, 1.807) is 0 Å². The van der Waals surface area contributed by atoms with Crippen LogP contribution in [-0.2, 0) is 28.7 Å². The number of Topliss-reactive ketones (excluding diaryl/α,β-unsaturated/α-hetero) is 2. The molecule has 0 heterocycles. The molecule has 208 valence electrons. The molecule has 2 N–H and O–H groups in total. The Kier molecular flexibility index (Phi) is 13.3. The summed E-state index contributed by atoms with van der Waals surface area (Å²) in [6.45, 7) is 0. The zero-order chi connectivity index (χ0) is 27.9. The fourth-order valence-corrected chi connectivity index (χ4v) is 4.51. The predicted octanol–water partition coefficient (Wildman–Crippen LogP) is 5.99. The van der Waals surface area contributed by atoms with Crippen molar-refractivity contribution in [3.05, 3.63) is 58.5 Å². The standard InChI is InChI=1S/C30H40O8/c1-37-25-19-23(31)27(33)21(29(25)35)17-15-13-11-9-7-5-3-4-6-8-10-12-14-16-18-22-28(34)24(32)20-26(38-2)30(22)36/h3-4,19-20,33-34H,5-18H2,1-2H3. The van der Waals surface area contributed by atoms with Gasteiger partial charge in [0.1, 0.15) is 0 Å². The molecule has 0 radical (unpaired) electrons. The molecule has 0 fully saturated rings. The lowest BCUT2D eigenvalue weighted by molar-refractivity contribution is -0.119. The molecule has 2 aliphatic carbocycles. The zero-order valence-electron chi connectivity index (χ0n) is 22.6. The van der Waals surface area contributed by atoms with Gasteiger partial charge in [0.05, 0.1) is 14.2 Å². The van der Waals surface area contributed by atoms with Gasteiger partial charge in [-0.25, -0.2) is 0 Å². The first-order valence-electron chi connectivity index (χ1n) is 13.5. The van der Waals surface area contributed by atoms with Crippen LogP contribution < -0.4 is 0 Å². The molecule has 0 unspecified atom stereocenters. The highest BCUT2D eigenvalue weighted by molar-refractivity contribution is 6.21. The summed E-state index contributed by atoms with van der Waals surface area (Å²) in [5.74, 6) is -2.89. The van der Waals surface area contributed by atoms with Crippen LogP contribution in [0.1, 0.15) is 89.9 Å². The Morgan fingerprint density at radius 2 is 0.921 bits per heavy atom. The number of methoxy groups -OCH3 is 2. The number of unbranched alkanes of at least 4 members (excludes halogenated alkanes) is 10. The van der Waals surface area contributed by atoms with Crippen LogP contribution >= 0.6 is 0 Å². The first-order valence-corrected chi connectivity index (χ1v) is 13.5. The number of ketones is 4. The number of rotatable bonds is 18. The lowest BCUT2D eigenvalue weighted by Gasteiger charge is -2.14. The second kappa shape index (κ2) is 16.4. The van der Waals surface area contributed by atoms with E-state index in [-0.39, 0.29) is 22.7 Å². The van der Waals surface area contributed by atoms with Crippen LogP contribution in [-0.4, -0.2) is 47.6 Å². The van der Waals surface area contributed by atoms with Gasteiger partial charge >= 0.3 is 0 Å². The maximum Gasteiger partial charge on any atom is 0.227 e. The number of carbonyl (C=O) groups is 4. The Hall–Kier alpha value is -3.42. The van der Waals surface area contributed by atoms with Gasteiger partial charge in [-0.1, -0.05) is 50.7 Å². The minimum atomic E-state index is -0.576. The Morgan fingerprint density at radius 1 is 0.579 bits per heavy atom. The third-order valence-corrected chi connectivity index (χ3v) is 6.76. The van der Waals surface area contributed by atoms with E-state index in [9.17, 15) is 29.4 Å². The van der Waals surface area contributed by atoms with Gasteiger partial charge in [-0.3, -0.25) is 19.2 Å². The van der Waals surface area contributed by atoms with Crippen molar-refractivity contribution in [2.75, 3.05) is 14.2 Å². The number of aliphatic hydroxyl groups excluding tert-OH is 2. The second-order valence-corrected chi connectivity index (χ2v) is 9.55. The van der Waals surface area contributed by atoms with Crippen LogP contribution in [0, 0.1) is 0 Å². The molecule has 0 atom stereocenters. The van der Waals surface area contributed by atoms with E-state index < -0.39 is 34.7 Å². The van der Waals surface area contributed by atoms with E-state index in [2.05, 4.69) is 12.2 Å². The molecule has 0 aromatic heterocycles. The monoisotopic (exact) mass is 528 g/mol. The van der Waals surface area contributed by atoms with Crippen molar-refractivity contribution in [3.63, 3.8) is 0 Å². The number of aliphatic hydroxyl groups is 2. The molecule has 0 spiro atoms. The first kappa shape index (κ1) is 30.8. The van der Waals surface area contributed by atoms with Gasteiger partial charge in [0.25, 0.3) is 0 Å². The van der Waals surface area contributed by atoms with E-state index >= 15 is 0 Å². The quantitative estimate of drug-likeness (QED) is 0.126. The molecule has 0 saturated heterocycles. The van der Waals surface area contributed by atoms with Crippen LogP contribution in [0.25, 0.3) is 0 Å². The van der Waals surface area contributed by atoms with Gasteiger partial charge in [0.15, 0.2) is 23.0 Å². The summed E-state index contributed by atoms with van der Waals surface area (Å²) in [5.41, 5.74) is 0.311. The van der Waals surface area contributed by atoms with Crippen molar-refractivity contribution in [3.8, 4) is 0 Å². The van der Waals surface area contributed by atoms with Gasteiger partial charge < -0.3 is 19.7 Å². The van der Waals surface area contributed by atoms with Gasteiger partial charge in [0.2, 0.25) is 23.1 Å². The summed E-state index contributed by atoms with van der Waals surface area (Å²) < 4.78 is 9.85. The van der Waals surface area contributed by atoms with E-state index in [1.165, 1.54) is 14.2 Å². The van der Waals surface area contributed by atoms with Crippen LogP contribution in [0.3, 0.4) is 0 Å². The largest absolute Gasteiger partial charge is 0.504 e. The molecule has 0 aromatic rings.